The highest BCUT2D eigenvalue weighted by atomic mass is 35.5. The predicted molar refractivity (Wildman–Crippen MR) is 70.6 cm³/mol. The number of hydrogen-bond acceptors (Lipinski definition) is 3. The first kappa shape index (κ1) is 13.7. The van der Waals surface area contributed by atoms with Gasteiger partial charge in [0.05, 0.1) is 6.61 Å². The Morgan fingerprint density at radius 3 is 2.88 bits per heavy atom. The molecule has 2 rings (SSSR count). The van der Waals surface area contributed by atoms with Crippen LogP contribution in [0.25, 0.3) is 10.9 Å². The highest BCUT2D eigenvalue weighted by Crippen LogP contribution is 2.25. The van der Waals surface area contributed by atoms with E-state index >= 15 is 0 Å². The summed E-state index contributed by atoms with van der Waals surface area (Å²) in [5, 5.41) is 10.6. The van der Waals surface area contributed by atoms with Crippen molar-refractivity contribution in [1.82, 2.24) is 4.98 Å². The summed E-state index contributed by atoms with van der Waals surface area (Å²) in [4.78, 5) is 4.16. The molecule has 4 heteroatoms. The van der Waals surface area contributed by atoms with Gasteiger partial charge in [-0.15, -0.1) is 12.4 Å². The molecule has 0 aliphatic rings. The lowest BCUT2D eigenvalue weighted by Crippen LogP contribution is -1.95. The molecule has 2 aromatic rings. The highest BCUT2D eigenvalue weighted by molar-refractivity contribution is 5.87. The molecule has 17 heavy (non-hydrogen) atoms. The second-order valence-electron chi connectivity index (χ2n) is 3.70. The van der Waals surface area contributed by atoms with E-state index in [1.54, 1.807) is 12.3 Å². The van der Waals surface area contributed by atoms with Gasteiger partial charge in [0.1, 0.15) is 11.3 Å². The monoisotopic (exact) mass is 253 g/mol. The molecule has 0 aliphatic heterocycles. The zero-order valence-corrected chi connectivity index (χ0v) is 10.5. The van der Waals surface area contributed by atoms with Crippen LogP contribution in [-0.4, -0.2) is 16.7 Å². The third-order valence-electron chi connectivity index (χ3n) is 2.44. The fraction of sp³-hybridized carbons (Fsp3) is 0.308. The molecule has 3 nitrogen and oxygen atoms in total. The summed E-state index contributed by atoms with van der Waals surface area (Å²) in [6.45, 7) is 3.40. The van der Waals surface area contributed by atoms with E-state index in [9.17, 15) is 5.11 Å². The summed E-state index contributed by atoms with van der Waals surface area (Å²) in [5.41, 5.74) is 1.70. The second kappa shape index (κ2) is 6.42. The molecular weight excluding hydrogens is 238 g/mol. The van der Waals surface area contributed by atoms with Crippen molar-refractivity contribution in [2.45, 2.75) is 20.0 Å². The van der Waals surface area contributed by atoms with Gasteiger partial charge in [-0.2, -0.15) is 0 Å². The SMILES string of the molecule is CCCOCc1ccc(O)c2ncccc12.Cl. The van der Waals surface area contributed by atoms with E-state index in [0.29, 0.717) is 12.1 Å². The number of phenolic OH excluding ortho intramolecular Hbond substituents is 1. The van der Waals surface area contributed by atoms with E-state index < -0.39 is 0 Å². The van der Waals surface area contributed by atoms with Crippen LogP contribution in [0, 0.1) is 0 Å². The van der Waals surface area contributed by atoms with Gasteiger partial charge in [-0.3, -0.25) is 4.98 Å². The number of benzene rings is 1. The quantitative estimate of drug-likeness (QED) is 0.851. The summed E-state index contributed by atoms with van der Waals surface area (Å²) in [6.07, 6.45) is 2.69. The standard InChI is InChI=1S/C13H15NO2.ClH/c1-2-8-16-9-10-5-6-12(15)13-11(10)4-3-7-14-13;/h3-7,15H,2,8-9H2,1H3;1H. The average molecular weight is 254 g/mol. The van der Waals surface area contributed by atoms with Gasteiger partial charge < -0.3 is 9.84 Å². The van der Waals surface area contributed by atoms with Gasteiger partial charge in [0, 0.05) is 18.2 Å². The van der Waals surface area contributed by atoms with Crippen molar-refractivity contribution in [3.63, 3.8) is 0 Å². The van der Waals surface area contributed by atoms with Gasteiger partial charge in [0.15, 0.2) is 0 Å². The van der Waals surface area contributed by atoms with Crippen molar-refractivity contribution in [2.24, 2.45) is 0 Å². The van der Waals surface area contributed by atoms with Gasteiger partial charge in [0.2, 0.25) is 0 Å². The first-order chi connectivity index (χ1) is 7.83. The van der Waals surface area contributed by atoms with E-state index in [-0.39, 0.29) is 18.2 Å². The Labute approximate surface area is 107 Å². The number of aromatic hydroxyl groups is 1. The molecular formula is C13H16ClNO2. The number of phenols is 1. The van der Waals surface area contributed by atoms with Crippen molar-refractivity contribution >= 4 is 23.3 Å². The van der Waals surface area contributed by atoms with Gasteiger partial charge in [-0.1, -0.05) is 19.1 Å². The lowest BCUT2D eigenvalue weighted by Gasteiger charge is -2.07. The number of pyridine rings is 1. The number of aromatic nitrogens is 1. The maximum atomic E-state index is 9.66. The molecule has 1 aromatic heterocycles. The molecule has 0 bridgehead atoms. The molecule has 0 atom stereocenters. The van der Waals surface area contributed by atoms with Crippen LogP contribution in [0.1, 0.15) is 18.9 Å². The van der Waals surface area contributed by atoms with Crippen LogP contribution in [-0.2, 0) is 11.3 Å². The molecule has 92 valence electrons. The van der Waals surface area contributed by atoms with Crippen LogP contribution < -0.4 is 0 Å². The number of rotatable bonds is 4. The van der Waals surface area contributed by atoms with Gasteiger partial charge >= 0.3 is 0 Å². The first-order valence-electron chi connectivity index (χ1n) is 5.46. The van der Waals surface area contributed by atoms with Crippen molar-refractivity contribution in [3.05, 3.63) is 36.0 Å². The molecule has 1 heterocycles. The Balaban J connectivity index is 0.00000144. The van der Waals surface area contributed by atoms with Crippen molar-refractivity contribution in [3.8, 4) is 5.75 Å². The molecule has 0 unspecified atom stereocenters. The number of halogens is 1. The normalized spacial score (nSPS) is 10.2. The van der Waals surface area contributed by atoms with E-state index in [1.165, 1.54) is 0 Å². The van der Waals surface area contributed by atoms with E-state index in [1.807, 2.05) is 18.2 Å². The largest absolute Gasteiger partial charge is 0.506 e. The first-order valence-corrected chi connectivity index (χ1v) is 5.46. The molecule has 1 N–H and O–H groups in total. The molecule has 1 aromatic carbocycles. The van der Waals surface area contributed by atoms with Crippen LogP contribution in [0.4, 0.5) is 0 Å². The zero-order valence-electron chi connectivity index (χ0n) is 9.72. The lowest BCUT2D eigenvalue weighted by molar-refractivity contribution is 0.122. The molecule has 0 fully saturated rings. The third-order valence-corrected chi connectivity index (χ3v) is 2.44. The van der Waals surface area contributed by atoms with E-state index in [4.69, 9.17) is 4.74 Å². The van der Waals surface area contributed by atoms with Crippen LogP contribution in [0.5, 0.6) is 5.75 Å². The third kappa shape index (κ3) is 3.08. The fourth-order valence-electron chi connectivity index (χ4n) is 1.67. The summed E-state index contributed by atoms with van der Waals surface area (Å²) in [5.74, 6) is 0.217. The minimum atomic E-state index is 0. The minimum absolute atomic E-state index is 0. The average Bonchev–Trinajstić information content (AvgIpc) is 2.33. The van der Waals surface area contributed by atoms with Crippen LogP contribution in [0.3, 0.4) is 0 Å². The number of hydrogen-bond donors (Lipinski definition) is 1. The summed E-state index contributed by atoms with van der Waals surface area (Å²) in [7, 11) is 0. The van der Waals surface area contributed by atoms with Crippen molar-refractivity contribution < 1.29 is 9.84 Å². The summed E-state index contributed by atoms with van der Waals surface area (Å²) in [6, 6.07) is 7.37. The Kier molecular flexibility index (Phi) is 5.19. The highest BCUT2D eigenvalue weighted by Gasteiger charge is 2.05. The van der Waals surface area contributed by atoms with Crippen molar-refractivity contribution in [2.75, 3.05) is 6.61 Å². The van der Waals surface area contributed by atoms with Crippen LogP contribution in [0.2, 0.25) is 0 Å². The fourth-order valence-corrected chi connectivity index (χ4v) is 1.67. The van der Waals surface area contributed by atoms with Gasteiger partial charge in [-0.05, 0) is 24.1 Å². The maximum absolute atomic E-state index is 9.66. The predicted octanol–water partition coefficient (Wildman–Crippen LogP) is 3.29. The van der Waals surface area contributed by atoms with E-state index in [0.717, 1.165) is 24.0 Å². The Morgan fingerprint density at radius 2 is 2.12 bits per heavy atom. The second-order valence-corrected chi connectivity index (χ2v) is 3.70. The lowest BCUT2D eigenvalue weighted by atomic mass is 10.1. The van der Waals surface area contributed by atoms with Gasteiger partial charge in [-0.25, -0.2) is 0 Å². The molecule has 0 saturated heterocycles. The Morgan fingerprint density at radius 1 is 1.29 bits per heavy atom. The minimum Gasteiger partial charge on any atom is -0.506 e. The Hall–Kier alpha value is -1.32. The Bertz CT molecular complexity index is 488. The summed E-state index contributed by atoms with van der Waals surface area (Å²) >= 11 is 0. The maximum Gasteiger partial charge on any atom is 0.141 e. The number of nitrogens with zero attached hydrogens (tertiary/aromatic N) is 1. The molecule has 0 saturated carbocycles. The van der Waals surface area contributed by atoms with Crippen LogP contribution >= 0.6 is 12.4 Å². The molecule has 0 aliphatic carbocycles. The molecule has 0 amide bonds. The molecule has 0 spiro atoms. The number of ether oxygens (including phenoxy) is 1. The molecule has 0 radical (unpaired) electrons. The summed E-state index contributed by atoms with van der Waals surface area (Å²) < 4.78 is 5.51. The van der Waals surface area contributed by atoms with Crippen LogP contribution in [0.15, 0.2) is 30.5 Å². The smallest absolute Gasteiger partial charge is 0.141 e. The topological polar surface area (TPSA) is 42.4 Å². The number of fused-ring (bicyclic) bond motifs is 1. The zero-order chi connectivity index (χ0) is 11.4. The van der Waals surface area contributed by atoms with Crippen molar-refractivity contribution in [1.29, 1.82) is 0 Å². The van der Waals surface area contributed by atoms with E-state index in [2.05, 4.69) is 11.9 Å². The van der Waals surface area contributed by atoms with Gasteiger partial charge in [0.25, 0.3) is 0 Å².